The minimum absolute atomic E-state index is 0.0663. The van der Waals surface area contributed by atoms with Crippen LogP contribution in [0, 0.1) is 6.92 Å². The van der Waals surface area contributed by atoms with Gasteiger partial charge in [-0.1, -0.05) is 32.0 Å². The Balaban J connectivity index is 2.18. The van der Waals surface area contributed by atoms with Crippen molar-refractivity contribution in [2.75, 3.05) is 6.61 Å². The summed E-state index contributed by atoms with van der Waals surface area (Å²) in [5.74, 6) is 1.65. The van der Waals surface area contributed by atoms with Gasteiger partial charge in [-0.2, -0.15) is 0 Å². The molecule has 0 aliphatic heterocycles. The van der Waals surface area contributed by atoms with Gasteiger partial charge in [0.05, 0.1) is 0 Å². The fraction of sp³-hybridized carbons (Fsp3) is 0.412. The molecule has 0 saturated carbocycles. The van der Waals surface area contributed by atoms with Crippen molar-refractivity contribution in [2.24, 2.45) is 0 Å². The number of aliphatic hydroxyl groups is 1. The zero-order valence-corrected chi connectivity index (χ0v) is 13.2. The first-order valence-corrected chi connectivity index (χ1v) is 7.44. The van der Waals surface area contributed by atoms with Gasteiger partial charge in [0.15, 0.2) is 0 Å². The van der Waals surface area contributed by atoms with Crippen molar-refractivity contribution in [1.29, 1.82) is 0 Å². The van der Waals surface area contributed by atoms with Crippen LogP contribution in [0.1, 0.15) is 42.4 Å². The molecular formula is C17H22N2O3. The first kappa shape index (κ1) is 16.2. The summed E-state index contributed by atoms with van der Waals surface area (Å²) in [4.78, 5) is 19.0. The molecule has 0 unspecified atom stereocenters. The number of para-hydroxylation sites is 1. The highest BCUT2D eigenvalue weighted by molar-refractivity contribution is 5.35. The van der Waals surface area contributed by atoms with Crippen LogP contribution in [0.5, 0.6) is 5.75 Å². The van der Waals surface area contributed by atoms with E-state index in [0.29, 0.717) is 29.4 Å². The van der Waals surface area contributed by atoms with E-state index in [9.17, 15) is 4.79 Å². The van der Waals surface area contributed by atoms with E-state index in [1.54, 1.807) is 6.92 Å². The fourth-order valence-corrected chi connectivity index (χ4v) is 2.38. The number of rotatable bonds is 6. The maximum Gasteiger partial charge on any atom is 0.254 e. The number of benzene rings is 1. The maximum absolute atomic E-state index is 12.0. The van der Waals surface area contributed by atoms with Crippen molar-refractivity contribution >= 4 is 0 Å². The van der Waals surface area contributed by atoms with Gasteiger partial charge < -0.3 is 14.8 Å². The Morgan fingerprint density at radius 2 is 2.05 bits per heavy atom. The normalized spacial score (nSPS) is 11.0. The van der Waals surface area contributed by atoms with Crippen molar-refractivity contribution in [3.63, 3.8) is 0 Å². The summed E-state index contributed by atoms with van der Waals surface area (Å²) < 4.78 is 5.81. The Hall–Kier alpha value is -2.14. The van der Waals surface area contributed by atoms with Crippen molar-refractivity contribution in [2.45, 2.75) is 39.7 Å². The molecule has 1 aromatic heterocycles. The number of hydrogen-bond donors (Lipinski definition) is 2. The maximum atomic E-state index is 12.0. The van der Waals surface area contributed by atoms with Gasteiger partial charge in [0.1, 0.15) is 18.2 Å². The molecule has 118 valence electrons. The van der Waals surface area contributed by atoms with E-state index >= 15 is 0 Å². The lowest BCUT2D eigenvalue weighted by atomic mass is 10.0. The molecule has 5 nitrogen and oxygen atoms in total. The highest BCUT2D eigenvalue weighted by atomic mass is 16.5. The van der Waals surface area contributed by atoms with Crippen LogP contribution in [0.4, 0.5) is 0 Å². The Labute approximate surface area is 130 Å². The molecule has 5 heteroatoms. The van der Waals surface area contributed by atoms with Gasteiger partial charge in [-0.3, -0.25) is 4.79 Å². The first-order chi connectivity index (χ1) is 10.5. The number of aromatic amines is 1. The van der Waals surface area contributed by atoms with Crippen LogP contribution in [0.25, 0.3) is 0 Å². The number of aliphatic hydroxyl groups excluding tert-OH is 1. The van der Waals surface area contributed by atoms with Gasteiger partial charge in [0, 0.05) is 24.3 Å². The van der Waals surface area contributed by atoms with Crippen LogP contribution < -0.4 is 10.3 Å². The molecule has 0 bridgehead atoms. The molecule has 0 radical (unpaired) electrons. The first-order valence-electron chi connectivity index (χ1n) is 7.44. The lowest BCUT2D eigenvalue weighted by Crippen LogP contribution is -2.21. The van der Waals surface area contributed by atoms with Gasteiger partial charge in [0.2, 0.25) is 0 Å². The standard InChI is InChI=1S/C17H22N2O3/c1-11(2)13-6-4-5-7-15(13)22-10-16-18-12(3)14(8-9-20)17(21)19-16/h4-7,11,20H,8-10H2,1-3H3,(H,18,19,21). The second-order valence-corrected chi connectivity index (χ2v) is 5.53. The lowest BCUT2D eigenvalue weighted by Gasteiger charge is -2.14. The van der Waals surface area contributed by atoms with Gasteiger partial charge >= 0.3 is 0 Å². The van der Waals surface area contributed by atoms with E-state index in [2.05, 4.69) is 23.8 Å². The van der Waals surface area contributed by atoms with Crippen molar-refractivity contribution < 1.29 is 9.84 Å². The summed E-state index contributed by atoms with van der Waals surface area (Å²) in [6.07, 6.45) is 0.311. The van der Waals surface area contributed by atoms with E-state index in [4.69, 9.17) is 9.84 Å². The molecule has 2 aromatic rings. The fourth-order valence-electron chi connectivity index (χ4n) is 2.38. The van der Waals surface area contributed by atoms with Gasteiger partial charge in [-0.15, -0.1) is 0 Å². The Kier molecular flexibility index (Phi) is 5.33. The molecule has 2 rings (SSSR count). The number of ether oxygens (including phenoxy) is 1. The molecule has 0 spiro atoms. The monoisotopic (exact) mass is 302 g/mol. The predicted molar refractivity (Wildman–Crippen MR) is 85.2 cm³/mol. The Morgan fingerprint density at radius 1 is 1.32 bits per heavy atom. The topological polar surface area (TPSA) is 75.2 Å². The lowest BCUT2D eigenvalue weighted by molar-refractivity contribution is 0.289. The van der Waals surface area contributed by atoms with Crippen LogP contribution in [-0.4, -0.2) is 21.7 Å². The molecule has 1 aromatic carbocycles. The van der Waals surface area contributed by atoms with Gasteiger partial charge in [0.25, 0.3) is 5.56 Å². The van der Waals surface area contributed by atoms with E-state index in [0.717, 1.165) is 11.3 Å². The van der Waals surface area contributed by atoms with Crippen LogP contribution >= 0.6 is 0 Å². The smallest absolute Gasteiger partial charge is 0.254 e. The zero-order valence-electron chi connectivity index (χ0n) is 13.2. The van der Waals surface area contributed by atoms with Crippen LogP contribution in [0.3, 0.4) is 0 Å². The third kappa shape index (κ3) is 3.74. The molecule has 0 saturated heterocycles. The third-order valence-corrected chi connectivity index (χ3v) is 3.54. The van der Waals surface area contributed by atoms with E-state index < -0.39 is 0 Å². The highest BCUT2D eigenvalue weighted by Gasteiger charge is 2.10. The average molecular weight is 302 g/mol. The Bertz CT molecular complexity index is 693. The predicted octanol–water partition coefficient (Wildman–Crippen LogP) is 2.32. The minimum atomic E-state index is -0.211. The van der Waals surface area contributed by atoms with Crippen LogP contribution in [-0.2, 0) is 13.0 Å². The summed E-state index contributed by atoms with van der Waals surface area (Å²) in [6.45, 7) is 6.13. The molecule has 2 N–H and O–H groups in total. The molecule has 22 heavy (non-hydrogen) atoms. The number of nitrogens with one attached hydrogen (secondary N) is 1. The zero-order chi connectivity index (χ0) is 16.1. The second-order valence-electron chi connectivity index (χ2n) is 5.53. The summed E-state index contributed by atoms with van der Waals surface area (Å²) in [5, 5.41) is 8.97. The number of hydrogen-bond acceptors (Lipinski definition) is 4. The van der Waals surface area contributed by atoms with Crippen molar-refractivity contribution in [3.05, 3.63) is 57.3 Å². The molecule has 0 fully saturated rings. The Morgan fingerprint density at radius 3 is 2.68 bits per heavy atom. The van der Waals surface area contributed by atoms with Gasteiger partial charge in [-0.05, 0) is 24.5 Å². The van der Waals surface area contributed by atoms with Crippen molar-refractivity contribution in [1.82, 2.24) is 9.97 Å². The molecule has 0 amide bonds. The average Bonchev–Trinajstić information content (AvgIpc) is 2.49. The van der Waals surface area contributed by atoms with E-state index in [1.807, 2.05) is 24.3 Å². The summed E-state index contributed by atoms with van der Waals surface area (Å²) in [5.41, 5.74) is 2.07. The van der Waals surface area contributed by atoms with Crippen molar-refractivity contribution in [3.8, 4) is 5.75 Å². The molecule has 0 atom stereocenters. The third-order valence-electron chi connectivity index (χ3n) is 3.54. The molecule has 0 aliphatic carbocycles. The molecule has 1 heterocycles. The quantitative estimate of drug-likeness (QED) is 0.858. The second kappa shape index (κ2) is 7.22. The number of nitrogens with zero attached hydrogens (tertiary/aromatic N) is 1. The summed E-state index contributed by atoms with van der Waals surface area (Å²) >= 11 is 0. The minimum Gasteiger partial charge on any atom is -0.485 e. The van der Waals surface area contributed by atoms with Crippen LogP contribution in [0.15, 0.2) is 29.1 Å². The van der Waals surface area contributed by atoms with Crippen LogP contribution in [0.2, 0.25) is 0 Å². The highest BCUT2D eigenvalue weighted by Crippen LogP contribution is 2.26. The van der Waals surface area contributed by atoms with E-state index in [-0.39, 0.29) is 18.8 Å². The van der Waals surface area contributed by atoms with E-state index in [1.165, 1.54) is 0 Å². The SMILES string of the molecule is Cc1nc(COc2ccccc2C(C)C)[nH]c(=O)c1CCO. The number of aryl methyl sites for hydroxylation is 1. The number of aromatic nitrogens is 2. The summed E-state index contributed by atoms with van der Waals surface area (Å²) in [7, 11) is 0. The molecule has 0 aliphatic rings. The van der Waals surface area contributed by atoms with Gasteiger partial charge in [-0.25, -0.2) is 4.98 Å². The largest absolute Gasteiger partial charge is 0.485 e. The summed E-state index contributed by atoms with van der Waals surface area (Å²) in [6, 6.07) is 7.86. The molecular weight excluding hydrogens is 280 g/mol. The number of H-pyrrole nitrogens is 1.